The Balaban J connectivity index is 1.68. The van der Waals surface area contributed by atoms with Gasteiger partial charge in [0, 0.05) is 19.4 Å². The van der Waals surface area contributed by atoms with Gasteiger partial charge in [-0.1, -0.05) is 25.7 Å². The largest absolute Gasteiger partial charge is 0.337 e. The van der Waals surface area contributed by atoms with Crippen molar-refractivity contribution in [1.82, 2.24) is 9.55 Å². The van der Waals surface area contributed by atoms with E-state index in [1.54, 1.807) is 0 Å². The van der Waals surface area contributed by atoms with Crippen LogP contribution in [0.4, 0.5) is 0 Å². The smallest absolute Gasteiger partial charge is 0.125 e. The maximum Gasteiger partial charge on any atom is 0.125 e. The molecule has 0 aromatic carbocycles. The topological polar surface area (TPSA) is 43.8 Å². The predicted molar refractivity (Wildman–Crippen MR) is 72.9 cm³/mol. The standard InChI is InChI=1S/C15H25N3/c1-18-9-8-17-15(18)14(16)13-7-6-11-4-2-3-5-12(11)10-13/h8-9,11-14H,2-7,10,16H2,1H3. The van der Waals surface area contributed by atoms with Crippen molar-refractivity contribution in [3.63, 3.8) is 0 Å². The summed E-state index contributed by atoms with van der Waals surface area (Å²) in [7, 11) is 2.05. The first kappa shape index (κ1) is 12.2. The van der Waals surface area contributed by atoms with Crippen LogP contribution in [0.1, 0.15) is 56.8 Å². The van der Waals surface area contributed by atoms with Gasteiger partial charge in [-0.15, -0.1) is 0 Å². The van der Waals surface area contributed by atoms with Gasteiger partial charge in [0.2, 0.25) is 0 Å². The second-order valence-electron chi connectivity index (χ2n) is 6.30. The second kappa shape index (κ2) is 5.04. The third kappa shape index (κ3) is 2.20. The Morgan fingerprint density at radius 2 is 2.00 bits per heavy atom. The monoisotopic (exact) mass is 247 g/mol. The first-order chi connectivity index (χ1) is 8.75. The number of aryl methyl sites for hydroxylation is 1. The molecule has 18 heavy (non-hydrogen) atoms. The van der Waals surface area contributed by atoms with Crippen molar-refractivity contribution >= 4 is 0 Å². The molecule has 0 radical (unpaired) electrons. The summed E-state index contributed by atoms with van der Waals surface area (Å²) < 4.78 is 2.08. The second-order valence-corrected chi connectivity index (χ2v) is 6.30. The van der Waals surface area contributed by atoms with Gasteiger partial charge in [0.1, 0.15) is 5.82 Å². The van der Waals surface area contributed by atoms with E-state index in [-0.39, 0.29) is 6.04 Å². The number of imidazole rings is 1. The van der Waals surface area contributed by atoms with Crippen molar-refractivity contribution in [2.75, 3.05) is 0 Å². The highest BCUT2D eigenvalue weighted by Crippen LogP contribution is 2.45. The van der Waals surface area contributed by atoms with Crippen LogP contribution < -0.4 is 5.73 Å². The van der Waals surface area contributed by atoms with E-state index in [4.69, 9.17) is 5.73 Å². The number of aromatic nitrogens is 2. The van der Waals surface area contributed by atoms with Gasteiger partial charge in [-0.25, -0.2) is 4.98 Å². The molecule has 1 aromatic rings. The lowest BCUT2D eigenvalue weighted by molar-refractivity contribution is 0.115. The SMILES string of the molecule is Cn1ccnc1C(N)C1CCC2CCCCC2C1. The van der Waals surface area contributed by atoms with Crippen LogP contribution in [0.2, 0.25) is 0 Å². The predicted octanol–water partition coefficient (Wildman–Crippen LogP) is 3.03. The number of hydrogen-bond donors (Lipinski definition) is 1. The maximum absolute atomic E-state index is 6.45. The summed E-state index contributed by atoms with van der Waals surface area (Å²) in [6.07, 6.45) is 13.7. The fourth-order valence-corrected chi connectivity index (χ4v) is 4.14. The van der Waals surface area contributed by atoms with Gasteiger partial charge >= 0.3 is 0 Å². The fourth-order valence-electron chi connectivity index (χ4n) is 4.14. The first-order valence-electron chi connectivity index (χ1n) is 7.48. The lowest BCUT2D eigenvalue weighted by atomic mass is 9.66. The Morgan fingerprint density at radius 1 is 1.22 bits per heavy atom. The molecule has 2 aliphatic rings. The number of hydrogen-bond acceptors (Lipinski definition) is 2. The van der Waals surface area contributed by atoms with Gasteiger partial charge < -0.3 is 10.3 Å². The van der Waals surface area contributed by atoms with Gasteiger partial charge in [0.25, 0.3) is 0 Å². The van der Waals surface area contributed by atoms with E-state index in [9.17, 15) is 0 Å². The minimum Gasteiger partial charge on any atom is -0.337 e. The van der Waals surface area contributed by atoms with Gasteiger partial charge in [-0.3, -0.25) is 0 Å². The summed E-state index contributed by atoms with van der Waals surface area (Å²) in [6, 6.07) is 0.132. The molecule has 1 heterocycles. The lowest BCUT2D eigenvalue weighted by Crippen LogP contribution is -2.34. The average molecular weight is 247 g/mol. The molecule has 100 valence electrons. The van der Waals surface area contributed by atoms with Crippen LogP contribution in [0.3, 0.4) is 0 Å². The molecule has 2 fully saturated rings. The molecule has 3 rings (SSSR count). The molecule has 2 N–H and O–H groups in total. The van der Waals surface area contributed by atoms with E-state index in [0.29, 0.717) is 5.92 Å². The molecule has 0 bridgehead atoms. The fraction of sp³-hybridized carbons (Fsp3) is 0.800. The highest BCUT2D eigenvalue weighted by Gasteiger charge is 2.35. The quantitative estimate of drug-likeness (QED) is 0.873. The molecule has 2 saturated carbocycles. The van der Waals surface area contributed by atoms with Crippen LogP contribution in [0, 0.1) is 17.8 Å². The molecule has 2 aliphatic carbocycles. The van der Waals surface area contributed by atoms with Crippen molar-refractivity contribution in [2.45, 2.75) is 51.0 Å². The highest BCUT2D eigenvalue weighted by molar-refractivity contribution is 5.01. The van der Waals surface area contributed by atoms with E-state index in [0.717, 1.165) is 17.7 Å². The van der Waals surface area contributed by atoms with E-state index >= 15 is 0 Å². The summed E-state index contributed by atoms with van der Waals surface area (Å²) >= 11 is 0. The molecule has 0 aliphatic heterocycles. The molecular weight excluding hydrogens is 222 g/mol. The van der Waals surface area contributed by atoms with Crippen molar-refractivity contribution in [3.8, 4) is 0 Å². The normalized spacial score (nSPS) is 34.0. The van der Waals surface area contributed by atoms with Crippen molar-refractivity contribution in [1.29, 1.82) is 0 Å². The number of nitrogens with zero attached hydrogens (tertiary/aromatic N) is 2. The zero-order chi connectivity index (χ0) is 12.5. The van der Waals surface area contributed by atoms with E-state index < -0.39 is 0 Å². The van der Waals surface area contributed by atoms with E-state index in [1.165, 1.54) is 44.9 Å². The van der Waals surface area contributed by atoms with Gasteiger partial charge in [0.05, 0.1) is 6.04 Å². The summed E-state index contributed by atoms with van der Waals surface area (Å²) in [5.41, 5.74) is 6.45. The van der Waals surface area contributed by atoms with Crippen molar-refractivity contribution in [3.05, 3.63) is 18.2 Å². The van der Waals surface area contributed by atoms with Crippen LogP contribution in [0.15, 0.2) is 12.4 Å². The molecule has 0 saturated heterocycles. The van der Waals surface area contributed by atoms with Gasteiger partial charge in [0.15, 0.2) is 0 Å². The van der Waals surface area contributed by atoms with Gasteiger partial charge in [-0.05, 0) is 37.0 Å². The Kier molecular flexibility index (Phi) is 3.42. The van der Waals surface area contributed by atoms with Crippen LogP contribution in [-0.4, -0.2) is 9.55 Å². The zero-order valence-electron chi connectivity index (χ0n) is 11.4. The molecule has 4 atom stereocenters. The van der Waals surface area contributed by atoms with Crippen molar-refractivity contribution < 1.29 is 0 Å². The number of fused-ring (bicyclic) bond motifs is 1. The van der Waals surface area contributed by atoms with E-state index in [1.807, 2.05) is 12.4 Å². The minimum absolute atomic E-state index is 0.132. The van der Waals surface area contributed by atoms with Crippen LogP contribution in [0.25, 0.3) is 0 Å². The number of nitrogens with two attached hydrogens (primary N) is 1. The molecule has 4 unspecified atom stereocenters. The third-order valence-electron chi connectivity index (χ3n) is 5.24. The minimum atomic E-state index is 0.132. The van der Waals surface area contributed by atoms with Gasteiger partial charge in [-0.2, -0.15) is 0 Å². The highest BCUT2D eigenvalue weighted by atomic mass is 15.1. The Labute approximate surface area is 110 Å². The third-order valence-corrected chi connectivity index (χ3v) is 5.24. The van der Waals surface area contributed by atoms with Crippen LogP contribution in [0.5, 0.6) is 0 Å². The summed E-state index contributed by atoms with van der Waals surface area (Å²) in [5, 5.41) is 0. The zero-order valence-corrected chi connectivity index (χ0v) is 11.4. The maximum atomic E-state index is 6.45. The summed E-state index contributed by atoms with van der Waals surface area (Å²) in [6.45, 7) is 0. The molecule has 0 spiro atoms. The van der Waals surface area contributed by atoms with Crippen LogP contribution >= 0.6 is 0 Å². The Morgan fingerprint density at radius 3 is 2.72 bits per heavy atom. The average Bonchev–Trinajstić information content (AvgIpc) is 2.83. The number of rotatable bonds is 2. The van der Waals surface area contributed by atoms with E-state index in [2.05, 4.69) is 16.6 Å². The van der Waals surface area contributed by atoms with Crippen molar-refractivity contribution in [2.24, 2.45) is 30.5 Å². The lowest BCUT2D eigenvalue weighted by Gasteiger charge is -2.41. The Hall–Kier alpha value is -0.830. The Bertz CT molecular complexity index is 398. The molecular formula is C15H25N3. The molecule has 3 nitrogen and oxygen atoms in total. The van der Waals surface area contributed by atoms with Crippen LogP contribution in [-0.2, 0) is 7.05 Å². The summed E-state index contributed by atoms with van der Waals surface area (Å²) in [4.78, 5) is 4.43. The summed E-state index contributed by atoms with van der Waals surface area (Å²) in [5.74, 6) is 3.66. The molecule has 1 aromatic heterocycles. The molecule has 0 amide bonds. The first-order valence-corrected chi connectivity index (χ1v) is 7.48. The molecule has 3 heteroatoms.